The van der Waals surface area contributed by atoms with E-state index in [9.17, 15) is 0 Å². The molecular weight excluding hydrogens is 542 g/mol. The highest BCUT2D eigenvalue weighted by Gasteiger charge is 2.64. The molecule has 44 heavy (non-hydrogen) atoms. The van der Waals surface area contributed by atoms with E-state index in [2.05, 4.69) is 120 Å². The Morgan fingerprint density at radius 3 is 1.16 bits per heavy atom. The first-order valence-electron chi connectivity index (χ1n) is 15.2. The Morgan fingerprint density at radius 2 is 0.818 bits per heavy atom. The largest absolute Gasteiger partial charge is 0.341 e. The topological polar surface area (TPSA) is 54.9 Å². The van der Waals surface area contributed by atoms with Gasteiger partial charge in [0.25, 0.3) is 0 Å². The van der Waals surface area contributed by atoms with E-state index in [1.807, 2.05) is 56.3 Å². The molecule has 7 rings (SSSR count). The third-order valence-corrected chi connectivity index (χ3v) is 8.76. The molecule has 5 heteroatoms. The summed E-state index contributed by atoms with van der Waals surface area (Å²) in [5, 5.41) is 7.94. The quantitative estimate of drug-likeness (QED) is 0.225. The lowest BCUT2D eigenvalue weighted by Gasteiger charge is -2.43. The smallest absolute Gasteiger partial charge is 0.193 e. The van der Waals surface area contributed by atoms with E-state index >= 15 is 0 Å². The number of aliphatic imine (C=N–C) groups is 1. The first kappa shape index (κ1) is 28.1. The lowest BCUT2D eigenvalue weighted by Crippen LogP contribution is -2.58. The molecule has 0 bridgehead atoms. The second-order valence-corrected chi connectivity index (χ2v) is 12.0. The first-order chi connectivity index (χ1) is 21.5. The highest BCUT2D eigenvalue weighted by atomic mass is 16.8. The van der Waals surface area contributed by atoms with Crippen molar-refractivity contribution in [3.8, 4) is 0 Å². The molecule has 2 fully saturated rings. The summed E-state index contributed by atoms with van der Waals surface area (Å²) >= 11 is 0. The van der Waals surface area contributed by atoms with Gasteiger partial charge in [-0.05, 0) is 41.7 Å². The Labute approximate surface area is 259 Å². The molecule has 2 atom stereocenters. The van der Waals surface area contributed by atoms with Crippen LogP contribution >= 0.6 is 0 Å². The van der Waals surface area contributed by atoms with Crippen molar-refractivity contribution in [3.05, 3.63) is 179 Å². The molecule has 220 valence electrons. The Morgan fingerprint density at radius 1 is 0.500 bits per heavy atom. The molecule has 2 aliphatic rings. The van der Waals surface area contributed by atoms with Crippen LogP contribution in [0, 0.1) is 0 Å². The predicted octanol–water partition coefficient (Wildman–Crippen LogP) is 7.14. The highest BCUT2D eigenvalue weighted by Crippen LogP contribution is 2.51. The summed E-state index contributed by atoms with van der Waals surface area (Å²) in [6.45, 7) is 4.51. The Kier molecular flexibility index (Phi) is 7.29. The van der Waals surface area contributed by atoms with Crippen molar-refractivity contribution in [2.45, 2.75) is 49.5 Å². The van der Waals surface area contributed by atoms with E-state index in [4.69, 9.17) is 14.5 Å². The molecule has 0 saturated carbocycles. The standard InChI is InChI=1S/C39H37N3O2/c1-37(2)43-34-35(44-37)39(32-24-14-6-15-25-32,33-26-16-7-17-27-33)42-36(40-28-29-18-8-3-9-19-29)41-38(34,30-20-10-4-11-21-30)31-22-12-5-13-23-31/h3-27,34-35H,28H2,1-2H3,(H2,40,41,42)/t34-,35-/m1/s1. The lowest BCUT2D eigenvalue weighted by molar-refractivity contribution is -0.156. The van der Waals surface area contributed by atoms with Crippen molar-refractivity contribution in [2.75, 3.05) is 0 Å². The van der Waals surface area contributed by atoms with E-state index < -0.39 is 29.1 Å². The van der Waals surface area contributed by atoms with Crippen LogP contribution in [0.1, 0.15) is 41.7 Å². The molecule has 0 unspecified atom stereocenters. The Hall–Kier alpha value is -4.71. The third-order valence-electron chi connectivity index (χ3n) is 8.76. The minimum absolute atomic E-state index is 0.473. The zero-order valence-electron chi connectivity index (χ0n) is 25.1. The maximum absolute atomic E-state index is 7.09. The average molecular weight is 580 g/mol. The van der Waals surface area contributed by atoms with E-state index in [-0.39, 0.29) is 0 Å². The molecule has 2 saturated heterocycles. The van der Waals surface area contributed by atoms with Crippen molar-refractivity contribution < 1.29 is 9.47 Å². The van der Waals surface area contributed by atoms with Gasteiger partial charge in [0.1, 0.15) is 23.3 Å². The molecule has 0 spiro atoms. The minimum atomic E-state index is -0.860. The summed E-state index contributed by atoms with van der Waals surface area (Å²) in [6.07, 6.45) is -0.945. The second-order valence-electron chi connectivity index (χ2n) is 12.0. The lowest BCUT2D eigenvalue weighted by atomic mass is 9.69. The van der Waals surface area contributed by atoms with Crippen LogP contribution < -0.4 is 10.6 Å². The number of hydrogen-bond donors (Lipinski definition) is 2. The summed E-state index contributed by atoms with van der Waals surface area (Å²) in [6, 6.07) is 52.5. The van der Waals surface area contributed by atoms with Gasteiger partial charge in [-0.3, -0.25) is 0 Å². The third kappa shape index (κ3) is 4.88. The molecule has 5 aromatic carbocycles. The Balaban J connectivity index is 1.55. The van der Waals surface area contributed by atoms with Crippen LogP contribution in [0.4, 0.5) is 0 Å². The molecule has 0 radical (unpaired) electrons. The monoisotopic (exact) mass is 579 g/mol. The number of hydrogen-bond acceptors (Lipinski definition) is 3. The molecular formula is C39H37N3O2. The van der Waals surface area contributed by atoms with Crippen molar-refractivity contribution in [1.82, 2.24) is 10.6 Å². The van der Waals surface area contributed by atoms with Gasteiger partial charge in [0, 0.05) is 0 Å². The SMILES string of the molecule is CC1(C)O[C@@H]2[C@@H](O1)C(c1ccccc1)(c1ccccc1)NC(=NCc1ccccc1)NC2(c1ccccc1)c1ccccc1. The molecule has 2 aliphatic heterocycles. The van der Waals surface area contributed by atoms with Gasteiger partial charge in [-0.15, -0.1) is 0 Å². The fraction of sp³-hybridized carbons (Fsp3) is 0.205. The number of nitrogens with one attached hydrogen (secondary N) is 2. The molecule has 0 aliphatic carbocycles. The van der Waals surface area contributed by atoms with Gasteiger partial charge in [0.15, 0.2) is 11.7 Å². The molecule has 2 heterocycles. The fourth-order valence-corrected chi connectivity index (χ4v) is 6.86. The van der Waals surface area contributed by atoms with Gasteiger partial charge in [-0.25, -0.2) is 4.99 Å². The maximum Gasteiger partial charge on any atom is 0.193 e. The number of guanidine groups is 1. The summed E-state index contributed by atoms with van der Waals surface area (Å²) in [5.74, 6) is -0.199. The summed E-state index contributed by atoms with van der Waals surface area (Å²) < 4.78 is 14.2. The molecule has 2 N–H and O–H groups in total. The zero-order valence-corrected chi connectivity index (χ0v) is 25.1. The van der Waals surface area contributed by atoms with Crippen LogP contribution in [0.5, 0.6) is 0 Å². The summed E-state index contributed by atoms with van der Waals surface area (Å²) in [7, 11) is 0. The van der Waals surface area contributed by atoms with E-state index in [0.29, 0.717) is 12.5 Å². The van der Waals surface area contributed by atoms with Crippen molar-refractivity contribution in [2.24, 2.45) is 4.99 Å². The number of rotatable bonds is 6. The average Bonchev–Trinajstić information content (AvgIpc) is 3.36. The van der Waals surface area contributed by atoms with Gasteiger partial charge in [0.2, 0.25) is 0 Å². The number of nitrogens with zero attached hydrogens (tertiary/aromatic N) is 1. The van der Waals surface area contributed by atoms with Gasteiger partial charge in [-0.2, -0.15) is 0 Å². The van der Waals surface area contributed by atoms with Gasteiger partial charge >= 0.3 is 0 Å². The maximum atomic E-state index is 7.09. The van der Waals surface area contributed by atoms with Crippen molar-refractivity contribution in [3.63, 3.8) is 0 Å². The van der Waals surface area contributed by atoms with E-state index in [1.165, 1.54) is 0 Å². The van der Waals surface area contributed by atoms with Crippen LogP contribution in [-0.2, 0) is 27.1 Å². The number of ether oxygens (including phenoxy) is 2. The van der Waals surface area contributed by atoms with E-state index in [0.717, 1.165) is 27.8 Å². The van der Waals surface area contributed by atoms with Crippen LogP contribution in [0.25, 0.3) is 0 Å². The normalized spacial score (nSPS) is 21.3. The second kappa shape index (κ2) is 11.4. The molecule has 0 aromatic heterocycles. The summed E-state index contributed by atoms with van der Waals surface area (Å²) in [4.78, 5) is 5.25. The van der Waals surface area contributed by atoms with Gasteiger partial charge < -0.3 is 20.1 Å². The first-order valence-corrected chi connectivity index (χ1v) is 15.2. The van der Waals surface area contributed by atoms with Crippen LogP contribution in [0.2, 0.25) is 0 Å². The minimum Gasteiger partial charge on any atom is -0.341 e. The van der Waals surface area contributed by atoms with Gasteiger partial charge in [0.05, 0.1) is 6.54 Å². The van der Waals surface area contributed by atoms with E-state index in [1.54, 1.807) is 0 Å². The van der Waals surface area contributed by atoms with Crippen molar-refractivity contribution >= 4 is 5.96 Å². The van der Waals surface area contributed by atoms with Crippen LogP contribution in [-0.4, -0.2) is 24.0 Å². The molecule has 5 aromatic rings. The Bertz CT molecular complexity index is 1520. The van der Waals surface area contributed by atoms with Crippen LogP contribution in [0.15, 0.2) is 157 Å². The number of fused-ring (bicyclic) bond motifs is 1. The molecule has 0 amide bonds. The number of benzene rings is 5. The molecule has 5 nitrogen and oxygen atoms in total. The fourth-order valence-electron chi connectivity index (χ4n) is 6.86. The predicted molar refractivity (Wildman–Crippen MR) is 175 cm³/mol. The highest BCUT2D eigenvalue weighted by molar-refractivity contribution is 5.84. The van der Waals surface area contributed by atoms with Gasteiger partial charge in [-0.1, -0.05) is 152 Å². The van der Waals surface area contributed by atoms with Crippen molar-refractivity contribution in [1.29, 1.82) is 0 Å². The zero-order chi connectivity index (χ0) is 30.0. The van der Waals surface area contributed by atoms with Crippen LogP contribution in [0.3, 0.4) is 0 Å². The summed E-state index contributed by atoms with van der Waals surface area (Å²) in [5.41, 5.74) is 3.67.